The van der Waals surface area contributed by atoms with Crippen LogP contribution in [0.15, 0.2) is 15.5 Å². The first-order valence-electron chi connectivity index (χ1n) is 9.13. The Labute approximate surface area is 172 Å². The SMILES string of the molecule is C1CN(Sc2nc(SN3CCOCC3)nc(SN3CCOCC3)n2)CCO1. The van der Waals surface area contributed by atoms with Gasteiger partial charge in [-0.25, -0.2) is 12.9 Å². The van der Waals surface area contributed by atoms with E-state index in [9.17, 15) is 0 Å². The number of rotatable bonds is 6. The Morgan fingerprint density at radius 1 is 0.481 bits per heavy atom. The monoisotopic (exact) mass is 432 g/mol. The summed E-state index contributed by atoms with van der Waals surface area (Å²) in [5.74, 6) is 0. The maximum atomic E-state index is 5.43. The fourth-order valence-electron chi connectivity index (χ4n) is 2.70. The van der Waals surface area contributed by atoms with Gasteiger partial charge in [-0.3, -0.25) is 0 Å². The first kappa shape index (κ1) is 20.1. The normalized spacial score (nSPS) is 23.6. The summed E-state index contributed by atoms with van der Waals surface area (Å²) in [5, 5.41) is 2.25. The molecule has 0 aromatic carbocycles. The van der Waals surface area contributed by atoms with Crippen LogP contribution in [-0.2, 0) is 14.2 Å². The lowest BCUT2D eigenvalue weighted by molar-refractivity contribution is 0.0768. The van der Waals surface area contributed by atoms with Gasteiger partial charge in [0.15, 0.2) is 0 Å². The highest BCUT2D eigenvalue weighted by molar-refractivity contribution is 7.98. The quantitative estimate of drug-likeness (QED) is 0.599. The summed E-state index contributed by atoms with van der Waals surface area (Å²) in [7, 11) is 0. The summed E-state index contributed by atoms with van der Waals surface area (Å²) < 4.78 is 23.1. The number of hydrogen-bond donors (Lipinski definition) is 0. The summed E-state index contributed by atoms with van der Waals surface area (Å²) in [6.07, 6.45) is 0. The third kappa shape index (κ3) is 6.41. The lowest BCUT2D eigenvalue weighted by Gasteiger charge is -2.26. The molecule has 12 heteroatoms. The van der Waals surface area contributed by atoms with Crippen LogP contribution < -0.4 is 0 Å². The molecular weight excluding hydrogens is 408 g/mol. The van der Waals surface area contributed by atoms with Crippen LogP contribution in [0.25, 0.3) is 0 Å². The standard InChI is InChI=1S/C15H24N6O3S3/c1-7-22-8-2-19(1)25-13-16-14(26-20-3-9-23-10-4-20)18-15(17-13)27-21-5-11-24-12-6-21/h1-12H2. The molecule has 0 atom stereocenters. The van der Waals surface area contributed by atoms with Crippen molar-refractivity contribution in [1.82, 2.24) is 27.9 Å². The van der Waals surface area contributed by atoms with Gasteiger partial charge in [0.2, 0.25) is 15.5 Å². The summed E-state index contributed by atoms with van der Waals surface area (Å²) in [5.41, 5.74) is 0. The van der Waals surface area contributed by atoms with Crippen molar-refractivity contribution in [3.05, 3.63) is 0 Å². The Morgan fingerprint density at radius 2 is 0.741 bits per heavy atom. The molecule has 3 saturated heterocycles. The van der Waals surface area contributed by atoms with E-state index >= 15 is 0 Å². The topological polar surface area (TPSA) is 76.1 Å². The van der Waals surface area contributed by atoms with Gasteiger partial charge in [-0.15, -0.1) is 0 Å². The zero-order chi connectivity index (χ0) is 18.3. The highest BCUT2D eigenvalue weighted by Gasteiger charge is 2.20. The molecule has 3 fully saturated rings. The van der Waals surface area contributed by atoms with E-state index in [1.54, 1.807) is 35.8 Å². The van der Waals surface area contributed by atoms with Crippen molar-refractivity contribution in [3.8, 4) is 0 Å². The Bertz CT molecular complexity index is 505. The molecule has 0 N–H and O–H groups in total. The maximum absolute atomic E-state index is 5.43. The van der Waals surface area contributed by atoms with Gasteiger partial charge in [-0.2, -0.15) is 15.0 Å². The van der Waals surface area contributed by atoms with E-state index in [1.807, 2.05) is 0 Å². The molecule has 9 nitrogen and oxygen atoms in total. The fourth-order valence-corrected chi connectivity index (χ4v) is 5.33. The van der Waals surface area contributed by atoms with Gasteiger partial charge in [-0.1, -0.05) is 0 Å². The van der Waals surface area contributed by atoms with Crippen molar-refractivity contribution >= 4 is 35.8 Å². The van der Waals surface area contributed by atoms with E-state index in [0.29, 0.717) is 0 Å². The molecule has 3 aliphatic rings. The highest BCUT2D eigenvalue weighted by Crippen LogP contribution is 2.28. The van der Waals surface area contributed by atoms with E-state index < -0.39 is 0 Å². The molecule has 1 aromatic heterocycles. The largest absolute Gasteiger partial charge is 0.379 e. The summed E-state index contributed by atoms with van der Waals surface area (Å²) in [6, 6.07) is 0. The number of nitrogens with zero attached hydrogens (tertiary/aromatic N) is 6. The summed E-state index contributed by atoms with van der Waals surface area (Å²) in [4.78, 5) is 14.1. The van der Waals surface area contributed by atoms with Gasteiger partial charge in [0.1, 0.15) is 0 Å². The molecule has 150 valence electrons. The number of aromatic nitrogens is 3. The zero-order valence-electron chi connectivity index (χ0n) is 15.1. The van der Waals surface area contributed by atoms with E-state index in [1.165, 1.54) is 0 Å². The van der Waals surface area contributed by atoms with Crippen LogP contribution in [-0.4, -0.2) is 107 Å². The van der Waals surface area contributed by atoms with Crippen molar-refractivity contribution in [2.75, 3.05) is 78.9 Å². The second-order valence-corrected chi connectivity index (χ2v) is 9.27. The molecule has 27 heavy (non-hydrogen) atoms. The Morgan fingerprint density at radius 3 is 1.00 bits per heavy atom. The Hall–Kier alpha value is -0.180. The second-order valence-electron chi connectivity index (χ2n) is 6.08. The van der Waals surface area contributed by atoms with Gasteiger partial charge in [0.25, 0.3) is 0 Å². The van der Waals surface area contributed by atoms with Gasteiger partial charge in [0.05, 0.1) is 39.6 Å². The lowest BCUT2D eigenvalue weighted by atomic mass is 10.5. The fraction of sp³-hybridized carbons (Fsp3) is 0.800. The van der Waals surface area contributed by atoms with E-state index in [2.05, 4.69) is 12.9 Å². The van der Waals surface area contributed by atoms with Crippen LogP contribution in [0.2, 0.25) is 0 Å². The first-order valence-corrected chi connectivity index (χ1v) is 11.5. The van der Waals surface area contributed by atoms with E-state index in [-0.39, 0.29) is 0 Å². The lowest BCUT2D eigenvalue weighted by Crippen LogP contribution is -2.32. The summed E-state index contributed by atoms with van der Waals surface area (Å²) in [6.45, 7) is 9.82. The minimum atomic E-state index is 0.749. The molecule has 0 bridgehead atoms. The number of ether oxygens (including phenoxy) is 3. The predicted octanol–water partition coefficient (Wildman–Crippen LogP) is 0.889. The smallest absolute Gasteiger partial charge is 0.208 e. The highest BCUT2D eigenvalue weighted by atomic mass is 32.2. The molecule has 1 aromatic rings. The molecule has 3 aliphatic heterocycles. The third-order valence-electron chi connectivity index (χ3n) is 4.12. The van der Waals surface area contributed by atoms with E-state index in [0.717, 1.165) is 94.4 Å². The molecule has 0 aliphatic carbocycles. The molecule has 0 spiro atoms. The van der Waals surface area contributed by atoms with E-state index in [4.69, 9.17) is 29.2 Å². The van der Waals surface area contributed by atoms with Crippen molar-refractivity contribution in [2.24, 2.45) is 0 Å². The zero-order valence-corrected chi connectivity index (χ0v) is 17.6. The minimum Gasteiger partial charge on any atom is -0.379 e. The van der Waals surface area contributed by atoms with Crippen molar-refractivity contribution in [2.45, 2.75) is 15.5 Å². The molecule has 4 rings (SSSR count). The predicted molar refractivity (Wildman–Crippen MR) is 105 cm³/mol. The van der Waals surface area contributed by atoms with Crippen LogP contribution in [0.4, 0.5) is 0 Å². The molecule has 0 saturated carbocycles. The van der Waals surface area contributed by atoms with Crippen LogP contribution >= 0.6 is 35.8 Å². The molecule has 0 unspecified atom stereocenters. The summed E-state index contributed by atoms with van der Waals surface area (Å²) >= 11 is 4.78. The van der Waals surface area contributed by atoms with Crippen LogP contribution in [0.1, 0.15) is 0 Å². The molecule has 0 radical (unpaired) electrons. The molecule has 0 amide bonds. The number of hydrogen-bond acceptors (Lipinski definition) is 12. The Kier molecular flexibility index (Phi) is 7.86. The number of morpholine rings is 3. The molecule has 4 heterocycles. The van der Waals surface area contributed by atoms with Crippen molar-refractivity contribution < 1.29 is 14.2 Å². The van der Waals surface area contributed by atoms with Gasteiger partial charge in [-0.05, 0) is 35.8 Å². The van der Waals surface area contributed by atoms with Gasteiger partial charge in [0, 0.05) is 39.3 Å². The first-order chi connectivity index (χ1) is 13.3. The second kappa shape index (κ2) is 10.6. The van der Waals surface area contributed by atoms with Crippen molar-refractivity contribution in [1.29, 1.82) is 0 Å². The van der Waals surface area contributed by atoms with Crippen LogP contribution in [0, 0.1) is 0 Å². The van der Waals surface area contributed by atoms with Gasteiger partial charge < -0.3 is 14.2 Å². The van der Waals surface area contributed by atoms with Crippen LogP contribution in [0.5, 0.6) is 0 Å². The minimum absolute atomic E-state index is 0.749. The average molecular weight is 433 g/mol. The maximum Gasteiger partial charge on any atom is 0.208 e. The molecular formula is C15H24N6O3S3. The van der Waals surface area contributed by atoms with Crippen molar-refractivity contribution in [3.63, 3.8) is 0 Å². The van der Waals surface area contributed by atoms with Gasteiger partial charge >= 0.3 is 0 Å². The van der Waals surface area contributed by atoms with Crippen LogP contribution in [0.3, 0.4) is 0 Å². The Balaban J connectivity index is 1.47. The average Bonchev–Trinajstić information content (AvgIpc) is 2.70. The third-order valence-corrected chi connectivity index (χ3v) is 7.02.